The molecular weight excluding hydrogens is 393 g/mol. The SMILES string of the molecule is OC(Cc1ccc(Br)cn1)c1ccc(I)cc1. The van der Waals surface area contributed by atoms with Gasteiger partial charge in [0.1, 0.15) is 0 Å². The topological polar surface area (TPSA) is 33.1 Å². The van der Waals surface area contributed by atoms with Crippen molar-refractivity contribution in [3.8, 4) is 0 Å². The van der Waals surface area contributed by atoms with Crippen LogP contribution in [0.1, 0.15) is 17.4 Å². The molecule has 2 aromatic rings. The van der Waals surface area contributed by atoms with Crippen molar-refractivity contribution >= 4 is 38.5 Å². The molecule has 4 heteroatoms. The minimum atomic E-state index is -0.499. The molecule has 0 bridgehead atoms. The lowest BCUT2D eigenvalue weighted by Gasteiger charge is -2.10. The molecule has 1 unspecified atom stereocenters. The second kappa shape index (κ2) is 5.93. The van der Waals surface area contributed by atoms with E-state index < -0.39 is 6.10 Å². The molecule has 1 aromatic carbocycles. The molecule has 1 heterocycles. The van der Waals surface area contributed by atoms with E-state index in [0.29, 0.717) is 6.42 Å². The highest BCUT2D eigenvalue weighted by Crippen LogP contribution is 2.19. The summed E-state index contributed by atoms with van der Waals surface area (Å²) in [6, 6.07) is 11.7. The molecule has 88 valence electrons. The maximum absolute atomic E-state index is 10.1. The van der Waals surface area contributed by atoms with Crippen LogP contribution in [-0.4, -0.2) is 10.1 Å². The molecule has 0 amide bonds. The van der Waals surface area contributed by atoms with Gasteiger partial charge in [-0.05, 0) is 68.3 Å². The molecule has 0 spiro atoms. The zero-order valence-electron chi connectivity index (χ0n) is 8.98. The Morgan fingerprint density at radius 3 is 2.47 bits per heavy atom. The number of nitrogens with zero attached hydrogens (tertiary/aromatic N) is 1. The largest absolute Gasteiger partial charge is 0.388 e. The second-order valence-corrected chi connectivity index (χ2v) is 5.90. The summed E-state index contributed by atoms with van der Waals surface area (Å²) in [4.78, 5) is 4.25. The Balaban J connectivity index is 2.08. The van der Waals surface area contributed by atoms with Crippen molar-refractivity contribution in [3.05, 3.63) is 61.9 Å². The zero-order valence-corrected chi connectivity index (χ0v) is 12.7. The van der Waals surface area contributed by atoms with E-state index in [0.717, 1.165) is 15.7 Å². The number of hydrogen-bond donors (Lipinski definition) is 1. The van der Waals surface area contributed by atoms with Gasteiger partial charge >= 0.3 is 0 Å². The van der Waals surface area contributed by atoms with Gasteiger partial charge in [-0.25, -0.2) is 0 Å². The highest BCUT2D eigenvalue weighted by Gasteiger charge is 2.09. The van der Waals surface area contributed by atoms with Crippen molar-refractivity contribution in [2.45, 2.75) is 12.5 Å². The van der Waals surface area contributed by atoms with Crippen LogP contribution in [0.3, 0.4) is 0 Å². The third-order valence-corrected chi connectivity index (χ3v) is 3.63. The molecule has 1 aromatic heterocycles. The van der Waals surface area contributed by atoms with Crippen molar-refractivity contribution in [1.29, 1.82) is 0 Å². The highest BCUT2D eigenvalue weighted by atomic mass is 127. The van der Waals surface area contributed by atoms with Gasteiger partial charge in [-0.2, -0.15) is 0 Å². The summed E-state index contributed by atoms with van der Waals surface area (Å²) in [5, 5.41) is 10.1. The zero-order chi connectivity index (χ0) is 12.3. The number of benzene rings is 1. The lowest BCUT2D eigenvalue weighted by Crippen LogP contribution is -2.03. The van der Waals surface area contributed by atoms with Crippen molar-refractivity contribution < 1.29 is 5.11 Å². The Hall–Kier alpha value is -0.460. The predicted octanol–water partition coefficient (Wildman–Crippen LogP) is 3.72. The van der Waals surface area contributed by atoms with Gasteiger partial charge in [-0.15, -0.1) is 0 Å². The molecule has 0 aliphatic heterocycles. The summed E-state index contributed by atoms with van der Waals surface area (Å²) in [7, 11) is 0. The Labute approximate surface area is 122 Å². The van der Waals surface area contributed by atoms with E-state index in [2.05, 4.69) is 43.5 Å². The van der Waals surface area contributed by atoms with E-state index in [9.17, 15) is 5.11 Å². The van der Waals surface area contributed by atoms with Crippen LogP contribution in [0.2, 0.25) is 0 Å². The molecule has 0 fully saturated rings. The first-order chi connectivity index (χ1) is 8.15. The van der Waals surface area contributed by atoms with E-state index in [4.69, 9.17) is 0 Å². The maximum Gasteiger partial charge on any atom is 0.0845 e. The average molecular weight is 404 g/mol. The summed E-state index contributed by atoms with van der Waals surface area (Å²) in [5.74, 6) is 0. The Morgan fingerprint density at radius 2 is 1.88 bits per heavy atom. The number of aromatic nitrogens is 1. The van der Waals surface area contributed by atoms with Gasteiger partial charge in [0.05, 0.1) is 6.10 Å². The monoisotopic (exact) mass is 403 g/mol. The molecule has 0 aliphatic rings. The molecule has 17 heavy (non-hydrogen) atoms. The van der Waals surface area contributed by atoms with Crippen molar-refractivity contribution in [1.82, 2.24) is 4.98 Å². The highest BCUT2D eigenvalue weighted by molar-refractivity contribution is 14.1. The number of hydrogen-bond acceptors (Lipinski definition) is 2. The third-order valence-electron chi connectivity index (χ3n) is 2.45. The summed E-state index contributed by atoms with van der Waals surface area (Å²) in [6.07, 6.45) is 1.78. The number of aliphatic hydroxyl groups excluding tert-OH is 1. The molecular formula is C13H11BrINO. The van der Waals surface area contributed by atoms with Crippen LogP contribution in [0.4, 0.5) is 0 Å². The van der Waals surface area contributed by atoms with Crippen molar-refractivity contribution in [2.75, 3.05) is 0 Å². The number of rotatable bonds is 3. The summed E-state index contributed by atoms with van der Waals surface area (Å²) < 4.78 is 2.12. The first-order valence-electron chi connectivity index (χ1n) is 5.19. The smallest absolute Gasteiger partial charge is 0.0845 e. The standard InChI is InChI=1S/C13H11BrINO/c14-10-3-6-12(16-8-10)7-13(17)9-1-4-11(15)5-2-9/h1-6,8,13,17H,7H2. The van der Waals surface area contributed by atoms with Gasteiger partial charge in [0.25, 0.3) is 0 Å². The average Bonchev–Trinajstić information content (AvgIpc) is 2.33. The van der Waals surface area contributed by atoms with Crippen LogP contribution in [0, 0.1) is 3.57 Å². The van der Waals surface area contributed by atoms with Crippen molar-refractivity contribution in [2.24, 2.45) is 0 Å². The van der Waals surface area contributed by atoms with Crippen LogP contribution < -0.4 is 0 Å². The summed E-state index contributed by atoms with van der Waals surface area (Å²) in [6.45, 7) is 0. The van der Waals surface area contributed by atoms with E-state index >= 15 is 0 Å². The van der Waals surface area contributed by atoms with Crippen molar-refractivity contribution in [3.63, 3.8) is 0 Å². The second-order valence-electron chi connectivity index (χ2n) is 3.74. The lowest BCUT2D eigenvalue weighted by atomic mass is 10.0. The van der Waals surface area contributed by atoms with Gasteiger partial charge in [0, 0.05) is 26.4 Å². The normalized spacial score (nSPS) is 12.4. The summed E-state index contributed by atoms with van der Waals surface area (Å²) in [5.41, 5.74) is 1.81. The Bertz CT molecular complexity index is 484. The fourth-order valence-corrected chi connectivity index (χ4v) is 2.12. The Morgan fingerprint density at radius 1 is 1.18 bits per heavy atom. The summed E-state index contributed by atoms with van der Waals surface area (Å²) >= 11 is 5.59. The first kappa shape index (κ1) is 13.0. The maximum atomic E-state index is 10.1. The van der Waals surface area contributed by atoms with E-state index in [1.165, 1.54) is 3.57 Å². The predicted molar refractivity (Wildman–Crippen MR) is 79.8 cm³/mol. The molecule has 0 aliphatic carbocycles. The van der Waals surface area contributed by atoms with Crippen LogP contribution in [0.15, 0.2) is 47.1 Å². The minimum Gasteiger partial charge on any atom is -0.388 e. The van der Waals surface area contributed by atoms with Gasteiger partial charge < -0.3 is 5.11 Å². The molecule has 1 atom stereocenters. The molecule has 0 radical (unpaired) electrons. The Kier molecular flexibility index (Phi) is 4.53. The van der Waals surface area contributed by atoms with E-state index in [1.54, 1.807) is 6.20 Å². The molecule has 0 saturated carbocycles. The third kappa shape index (κ3) is 3.76. The number of halogens is 2. The lowest BCUT2D eigenvalue weighted by molar-refractivity contribution is 0.177. The fourth-order valence-electron chi connectivity index (χ4n) is 1.53. The fraction of sp³-hybridized carbons (Fsp3) is 0.154. The van der Waals surface area contributed by atoms with Gasteiger partial charge in [-0.1, -0.05) is 12.1 Å². The number of pyridine rings is 1. The molecule has 0 saturated heterocycles. The van der Waals surface area contributed by atoms with Gasteiger partial charge in [-0.3, -0.25) is 4.98 Å². The van der Waals surface area contributed by atoms with Crippen LogP contribution >= 0.6 is 38.5 Å². The van der Waals surface area contributed by atoms with Crippen LogP contribution in [0.25, 0.3) is 0 Å². The first-order valence-corrected chi connectivity index (χ1v) is 7.06. The number of aliphatic hydroxyl groups is 1. The molecule has 2 nitrogen and oxygen atoms in total. The molecule has 1 N–H and O–H groups in total. The quantitative estimate of drug-likeness (QED) is 0.792. The van der Waals surface area contributed by atoms with E-state index in [1.807, 2.05) is 36.4 Å². The van der Waals surface area contributed by atoms with Crippen LogP contribution in [-0.2, 0) is 6.42 Å². The van der Waals surface area contributed by atoms with E-state index in [-0.39, 0.29) is 0 Å². The minimum absolute atomic E-state index is 0.499. The van der Waals surface area contributed by atoms with Crippen LogP contribution in [0.5, 0.6) is 0 Å². The molecule has 2 rings (SSSR count). The van der Waals surface area contributed by atoms with Gasteiger partial charge in [0.15, 0.2) is 0 Å². The van der Waals surface area contributed by atoms with Gasteiger partial charge in [0.2, 0.25) is 0 Å².